The highest BCUT2D eigenvalue weighted by Crippen LogP contribution is 2.01. The minimum atomic E-state index is -1.17. The largest absolute Gasteiger partial charge is 0.480 e. The van der Waals surface area contributed by atoms with E-state index in [0.717, 1.165) is 0 Å². The van der Waals surface area contributed by atoms with E-state index in [2.05, 4.69) is 10.1 Å². The van der Waals surface area contributed by atoms with Crippen LogP contribution in [0.2, 0.25) is 0 Å². The molecule has 0 rings (SSSR count). The first kappa shape index (κ1) is 14.2. The number of carboxylic acids is 1. The van der Waals surface area contributed by atoms with Gasteiger partial charge in [0.15, 0.2) is 0 Å². The summed E-state index contributed by atoms with van der Waals surface area (Å²) >= 11 is 0. The molecule has 7 heteroatoms. The van der Waals surface area contributed by atoms with Crippen molar-refractivity contribution < 1.29 is 24.2 Å². The molecule has 0 aliphatic rings. The Hall–Kier alpha value is -1.79. The molecule has 0 bridgehead atoms. The van der Waals surface area contributed by atoms with Gasteiger partial charge in [0.25, 0.3) is 0 Å². The topological polar surface area (TPSA) is 119 Å². The predicted molar refractivity (Wildman–Crippen MR) is 54.6 cm³/mol. The lowest BCUT2D eigenvalue weighted by molar-refractivity contribution is -0.139. The van der Waals surface area contributed by atoms with Gasteiger partial charge in [0, 0.05) is 6.42 Å². The van der Waals surface area contributed by atoms with Crippen LogP contribution in [0.3, 0.4) is 0 Å². The number of nitrogens with two attached hydrogens (primary N) is 1. The smallest absolute Gasteiger partial charge is 0.407 e. The van der Waals surface area contributed by atoms with Crippen molar-refractivity contribution >= 4 is 18.0 Å². The zero-order chi connectivity index (χ0) is 12.6. The Balaban J connectivity index is 4.02. The summed E-state index contributed by atoms with van der Waals surface area (Å²) < 4.78 is 4.54. The van der Waals surface area contributed by atoms with E-state index in [1.165, 1.54) is 0 Å². The van der Waals surface area contributed by atoms with E-state index in [4.69, 9.17) is 10.8 Å². The van der Waals surface area contributed by atoms with Crippen molar-refractivity contribution in [2.45, 2.75) is 32.2 Å². The fraction of sp³-hybridized carbons (Fsp3) is 0.667. The standard InChI is InChI=1S/C9H16N2O5/c1-2-16-9(15)11-6(8(13)14)4-3-5-7(10)12/h6H,2-5H2,1H3,(H2,10,12)(H,11,15)(H,13,14)/t6-/m1/s1. The molecule has 0 unspecified atom stereocenters. The van der Waals surface area contributed by atoms with Gasteiger partial charge in [-0.15, -0.1) is 0 Å². The van der Waals surface area contributed by atoms with Crippen LogP contribution in [0.5, 0.6) is 0 Å². The van der Waals surface area contributed by atoms with Crippen molar-refractivity contribution in [1.29, 1.82) is 0 Å². The number of carboxylic acid groups (broad SMARTS) is 1. The molecule has 0 aliphatic heterocycles. The molecule has 2 amide bonds. The quantitative estimate of drug-likeness (QED) is 0.563. The first-order valence-corrected chi connectivity index (χ1v) is 4.91. The summed E-state index contributed by atoms with van der Waals surface area (Å²) in [5.41, 5.74) is 4.91. The second-order valence-electron chi connectivity index (χ2n) is 3.11. The molecular weight excluding hydrogens is 216 g/mol. The molecular formula is C9H16N2O5. The Kier molecular flexibility index (Phi) is 6.66. The van der Waals surface area contributed by atoms with E-state index in [0.29, 0.717) is 6.42 Å². The lowest BCUT2D eigenvalue weighted by atomic mass is 10.1. The first-order valence-electron chi connectivity index (χ1n) is 4.91. The van der Waals surface area contributed by atoms with E-state index >= 15 is 0 Å². The fourth-order valence-corrected chi connectivity index (χ4v) is 1.05. The van der Waals surface area contributed by atoms with E-state index in [9.17, 15) is 14.4 Å². The van der Waals surface area contributed by atoms with Crippen LogP contribution in [0, 0.1) is 0 Å². The second-order valence-corrected chi connectivity index (χ2v) is 3.11. The highest BCUT2D eigenvalue weighted by atomic mass is 16.5. The molecule has 16 heavy (non-hydrogen) atoms. The Morgan fingerprint density at radius 1 is 1.44 bits per heavy atom. The van der Waals surface area contributed by atoms with Crippen LogP contribution in [0.1, 0.15) is 26.2 Å². The Labute approximate surface area is 92.9 Å². The summed E-state index contributed by atoms with van der Waals surface area (Å²) in [4.78, 5) is 32.1. The van der Waals surface area contributed by atoms with Crippen molar-refractivity contribution in [1.82, 2.24) is 5.32 Å². The van der Waals surface area contributed by atoms with Crippen LogP contribution in [-0.2, 0) is 14.3 Å². The van der Waals surface area contributed by atoms with Crippen molar-refractivity contribution in [2.24, 2.45) is 5.73 Å². The molecule has 92 valence electrons. The minimum Gasteiger partial charge on any atom is -0.480 e. The van der Waals surface area contributed by atoms with Crippen LogP contribution in [0.15, 0.2) is 0 Å². The number of alkyl carbamates (subject to hydrolysis) is 1. The van der Waals surface area contributed by atoms with Gasteiger partial charge in [-0.3, -0.25) is 4.79 Å². The van der Waals surface area contributed by atoms with Crippen LogP contribution < -0.4 is 11.1 Å². The maximum absolute atomic E-state index is 11.0. The molecule has 7 nitrogen and oxygen atoms in total. The Morgan fingerprint density at radius 2 is 2.06 bits per heavy atom. The summed E-state index contributed by atoms with van der Waals surface area (Å²) in [6.45, 7) is 1.78. The van der Waals surface area contributed by atoms with Crippen LogP contribution in [0.4, 0.5) is 4.79 Å². The van der Waals surface area contributed by atoms with Gasteiger partial charge in [0.05, 0.1) is 6.61 Å². The number of hydrogen-bond acceptors (Lipinski definition) is 4. The number of rotatable bonds is 7. The lowest BCUT2D eigenvalue weighted by Gasteiger charge is -2.13. The van der Waals surface area contributed by atoms with Gasteiger partial charge in [-0.2, -0.15) is 0 Å². The van der Waals surface area contributed by atoms with Crippen LogP contribution in [0.25, 0.3) is 0 Å². The Morgan fingerprint density at radius 3 is 2.50 bits per heavy atom. The van der Waals surface area contributed by atoms with Crippen molar-refractivity contribution in [3.05, 3.63) is 0 Å². The zero-order valence-corrected chi connectivity index (χ0v) is 9.06. The third kappa shape index (κ3) is 6.63. The normalized spacial score (nSPS) is 11.6. The van der Waals surface area contributed by atoms with Crippen LogP contribution >= 0.6 is 0 Å². The number of ether oxygens (including phenoxy) is 1. The molecule has 0 aromatic rings. The van der Waals surface area contributed by atoms with Crippen molar-refractivity contribution in [3.63, 3.8) is 0 Å². The number of carbonyl (C=O) groups is 3. The molecule has 0 aromatic carbocycles. The van der Waals surface area contributed by atoms with Gasteiger partial charge >= 0.3 is 12.1 Å². The van der Waals surface area contributed by atoms with Gasteiger partial charge in [-0.1, -0.05) is 0 Å². The zero-order valence-electron chi connectivity index (χ0n) is 9.06. The monoisotopic (exact) mass is 232 g/mol. The average molecular weight is 232 g/mol. The average Bonchev–Trinajstić information content (AvgIpc) is 2.15. The highest BCUT2D eigenvalue weighted by molar-refractivity contribution is 5.80. The molecule has 0 aliphatic carbocycles. The first-order chi connectivity index (χ1) is 7.47. The molecule has 0 saturated carbocycles. The molecule has 0 radical (unpaired) electrons. The second kappa shape index (κ2) is 7.49. The summed E-state index contributed by atoms with van der Waals surface area (Å²) in [6, 6.07) is -1.06. The van der Waals surface area contributed by atoms with Gasteiger partial charge in [-0.25, -0.2) is 9.59 Å². The third-order valence-electron chi connectivity index (χ3n) is 1.78. The summed E-state index contributed by atoms with van der Waals surface area (Å²) in [5.74, 6) is -1.67. The number of aliphatic carboxylic acids is 1. The minimum absolute atomic E-state index is 0.0916. The molecule has 0 fully saturated rings. The predicted octanol–water partition coefficient (Wildman–Crippen LogP) is -0.159. The van der Waals surface area contributed by atoms with Gasteiger partial charge in [-0.05, 0) is 19.8 Å². The molecule has 0 heterocycles. The van der Waals surface area contributed by atoms with Gasteiger partial charge in [0.1, 0.15) is 6.04 Å². The summed E-state index contributed by atoms with van der Waals surface area (Å²) in [6.07, 6.45) is -0.252. The number of hydrogen-bond donors (Lipinski definition) is 3. The number of carbonyl (C=O) groups excluding carboxylic acids is 2. The summed E-state index contributed by atoms with van der Waals surface area (Å²) in [5, 5.41) is 10.9. The van der Waals surface area contributed by atoms with Gasteiger partial charge < -0.3 is 20.9 Å². The molecule has 1 atom stereocenters. The van der Waals surface area contributed by atoms with E-state index in [1.54, 1.807) is 6.92 Å². The highest BCUT2D eigenvalue weighted by Gasteiger charge is 2.20. The molecule has 0 aromatic heterocycles. The Bertz CT molecular complexity index is 267. The molecule has 0 spiro atoms. The van der Waals surface area contributed by atoms with Crippen molar-refractivity contribution in [2.75, 3.05) is 6.61 Å². The van der Waals surface area contributed by atoms with Crippen LogP contribution in [-0.4, -0.2) is 35.7 Å². The van der Waals surface area contributed by atoms with E-state index < -0.39 is 24.0 Å². The molecule has 0 saturated heterocycles. The maximum Gasteiger partial charge on any atom is 0.407 e. The van der Waals surface area contributed by atoms with Gasteiger partial charge in [0.2, 0.25) is 5.91 Å². The van der Waals surface area contributed by atoms with E-state index in [1.807, 2.05) is 0 Å². The fourth-order valence-electron chi connectivity index (χ4n) is 1.05. The van der Waals surface area contributed by atoms with E-state index in [-0.39, 0.29) is 19.4 Å². The van der Waals surface area contributed by atoms with Crippen molar-refractivity contribution in [3.8, 4) is 0 Å². The molecule has 4 N–H and O–H groups in total. The summed E-state index contributed by atoms with van der Waals surface area (Å²) in [7, 11) is 0. The number of primary amides is 1. The SMILES string of the molecule is CCOC(=O)N[C@H](CCCC(N)=O)C(=O)O. The maximum atomic E-state index is 11.0. The number of amides is 2. The third-order valence-corrected chi connectivity index (χ3v) is 1.78. The lowest BCUT2D eigenvalue weighted by Crippen LogP contribution is -2.41. The number of nitrogens with one attached hydrogen (secondary N) is 1.